The molecule has 17 heavy (non-hydrogen) atoms. The second kappa shape index (κ2) is 5.71. The van der Waals surface area contributed by atoms with Crippen molar-refractivity contribution in [3.05, 3.63) is 0 Å². The van der Waals surface area contributed by atoms with Crippen LogP contribution in [0.5, 0.6) is 0 Å². The minimum atomic E-state index is 0.169. The fourth-order valence-electron chi connectivity index (χ4n) is 2.62. The highest BCUT2D eigenvalue weighted by Crippen LogP contribution is 2.43. The summed E-state index contributed by atoms with van der Waals surface area (Å²) in [5.41, 5.74) is 0. The van der Waals surface area contributed by atoms with E-state index >= 15 is 0 Å². The molecule has 2 fully saturated rings. The standard InChI is InChI=1S/C13H24N2O2/c1-3-11-10-12(11)4-5-14(2)13(16)15-6-8-17-9-7-15/h11-12H,3-10H2,1-2H3. The summed E-state index contributed by atoms with van der Waals surface area (Å²) in [7, 11) is 1.92. The molecule has 1 aliphatic heterocycles. The highest BCUT2D eigenvalue weighted by Gasteiger charge is 2.35. The molecule has 4 nitrogen and oxygen atoms in total. The molecule has 2 rings (SSSR count). The van der Waals surface area contributed by atoms with E-state index in [-0.39, 0.29) is 6.03 Å². The molecule has 0 aromatic heterocycles. The van der Waals surface area contributed by atoms with Crippen LogP contribution in [-0.2, 0) is 4.74 Å². The van der Waals surface area contributed by atoms with Gasteiger partial charge in [0.15, 0.2) is 0 Å². The van der Waals surface area contributed by atoms with E-state index in [1.54, 1.807) is 0 Å². The van der Waals surface area contributed by atoms with Gasteiger partial charge in [0.1, 0.15) is 0 Å². The van der Waals surface area contributed by atoms with Crippen LogP contribution in [-0.4, -0.2) is 55.7 Å². The maximum absolute atomic E-state index is 12.1. The highest BCUT2D eigenvalue weighted by atomic mass is 16.5. The number of nitrogens with zero attached hydrogens (tertiary/aromatic N) is 2. The van der Waals surface area contributed by atoms with Crippen LogP contribution in [0.4, 0.5) is 4.79 Å². The molecule has 0 aromatic rings. The molecular formula is C13H24N2O2. The van der Waals surface area contributed by atoms with Crippen molar-refractivity contribution in [3.8, 4) is 0 Å². The van der Waals surface area contributed by atoms with Crippen LogP contribution in [0, 0.1) is 11.8 Å². The first-order valence-corrected chi connectivity index (χ1v) is 6.80. The van der Waals surface area contributed by atoms with Gasteiger partial charge in [0.05, 0.1) is 13.2 Å². The molecule has 2 unspecified atom stereocenters. The SMILES string of the molecule is CCC1CC1CCN(C)C(=O)N1CCOCC1. The maximum atomic E-state index is 12.1. The van der Waals surface area contributed by atoms with E-state index in [2.05, 4.69) is 6.92 Å². The highest BCUT2D eigenvalue weighted by molar-refractivity contribution is 5.74. The Balaban J connectivity index is 1.67. The van der Waals surface area contributed by atoms with Crippen molar-refractivity contribution in [3.63, 3.8) is 0 Å². The van der Waals surface area contributed by atoms with Gasteiger partial charge >= 0.3 is 6.03 Å². The zero-order valence-electron chi connectivity index (χ0n) is 11.0. The predicted molar refractivity (Wildman–Crippen MR) is 66.9 cm³/mol. The number of hydrogen-bond acceptors (Lipinski definition) is 2. The number of morpholine rings is 1. The van der Waals surface area contributed by atoms with Crippen molar-refractivity contribution in [2.75, 3.05) is 39.9 Å². The molecule has 2 aliphatic rings. The first-order valence-electron chi connectivity index (χ1n) is 6.80. The molecule has 2 atom stereocenters. The van der Waals surface area contributed by atoms with Gasteiger partial charge < -0.3 is 14.5 Å². The van der Waals surface area contributed by atoms with Crippen LogP contribution >= 0.6 is 0 Å². The fraction of sp³-hybridized carbons (Fsp3) is 0.923. The first-order chi connectivity index (χ1) is 8.22. The van der Waals surface area contributed by atoms with Gasteiger partial charge in [-0.15, -0.1) is 0 Å². The Morgan fingerprint density at radius 2 is 2.06 bits per heavy atom. The molecule has 0 radical (unpaired) electrons. The number of hydrogen-bond donors (Lipinski definition) is 0. The molecule has 1 saturated carbocycles. The summed E-state index contributed by atoms with van der Waals surface area (Å²) < 4.78 is 5.25. The van der Waals surface area contributed by atoms with E-state index in [1.807, 2.05) is 16.8 Å². The summed E-state index contributed by atoms with van der Waals surface area (Å²) in [5.74, 6) is 1.81. The molecule has 1 aliphatic carbocycles. The van der Waals surface area contributed by atoms with Crippen molar-refractivity contribution < 1.29 is 9.53 Å². The third kappa shape index (κ3) is 3.35. The molecule has 0 aromatic carbocycles. The number of rotatable bonds is 4. The second-order valence-corrected chi connectivity index (χ2v) is 5.26. The molecule has 1 saturated heterocycles. The predicted octanol–water partition coefficient (Wildman–Crippen LogP) is 1.81. The summed E-state index contributed by atoms with van der Waals surface area (Å²) in [6, 6.07) is 0.169. The van der Waals surface area contributed by atoms with Crippen molar-refractivity contribution >= 4 is 6.03 Å². The third-order valence-electron chi connectivity index (χ3n) is 4.04. The lowest BCUT2D eigenvalue weighted by molar-refractivity contribution is 0.0451. The summed E-state index contributed by atoms with van der Waals surface area (Å²) in [5, 5.41) is 0. The Kier molecular flexibility index (Phi) is 4.26. The average molecular weight is 240 g/mol. The van der Waals surface area contributed by atoms with Crippen LogP contribution in [0.3, 0.4) is 0 Å². The Morgan fingerprint density at radius 1 is 1.35 bits per heavy atom. The second-order valence-electron chi connectivity index (χ2n) is 5.26. The van der Waals surface area contributed by atoms with E-state index in [0.717, 1.165) is 31.5 Å². The quantitative estimate of drug-likeness (QED) is 0.750. The molecule has 1 heterocycles. The lowest BCUT2D eigenvalue weighted by Gasteiger charge is -2.31. The van der Waals surface area contributed by atoms with Crippen molar-refractivity contribution in [2.24, 2.45) is 11.8 Å². The zero-order valence-corrected chi connectivity index (χ0v) is 11.0. The average Bonchev–Trinajstić information content (AvgIpc) is 3.14. The van der Waals surface area contributed by atoms with Crippen LogP contribution < -0.4 is 0 Å². The van der Waals surface area contributed by atoms with E-state index in [1.165, 1.54) is 19.3 Å². The lowest BCUT2D eigenvalue weighted by Crippen LogP contribution is -2.47. The van der Waals surface area contributed by atoms with Gasteiger partial charge in [0.25, 0.3) is 0 Å². The molecule has 0 bridgehead atoms. The Hall–Kier alpha value is -0.770. The number of carbonyl (C=O) groups excluding carboxylic acids is 1. The van der Waals surface area contributed by atoms with Crippen molar-refractivity contribution in [2.45, 2.75) is 26.2 Å². The lowest BCUT2D eigenvalue weighted by atomic mass is 10.2. The molecule has 98 valence electrons. The van der Waals surface area contributed by atoms with Gasteiger partial charge in [-0.25, -0.2) is 4.79 Å². The molecule has 0 spiro atoms. The third-order valence-corrected chi connectivity index (χ3v) is 4.04. The van der Waals surface area contributed by atoms with Crippen LogP contribution in [0.25, 0.3) is 0 Å². The monoisotopic (exact) mass is 240 g/mol. The molecule has 4 heteroatoms. The van der Waals surface area contributed by atoms with E-state index in [4.69, 9.17) is 4.74 Å². The largest absolute Gasteiger partial charge is 0.378 e. The summed E-state index contributed by atoms with van der Waals surface area (Å²) in [6.45, 7) is 6.00. The molecule has 0 N–H and O–H groups in total. The summed E-state index contributed by atoms with van der Waals surface area (Å²) >= 11 is 0. The van der Waals surface area contributed by atoms with Gasteiger partial charge in [-0.3, -0.25) is 0 Å². The van der Waals surface area contributed by atoms with Crippen molar-refractivity contribution in [1.82, 2.24) is 9.80 Å². The van der Waals surface area contributed by atoms with E-state index in [9.17, 15) is 4.79 Å². The topological polar surface area (TPSA) is 32.8 Å². The molecular weight excluding hydrogens is 216 g/mol. The fourth-order valence-corrected chi connectivity index (χ4v) is 2.62. The van der Waals surface area contributed by atoms with E-state index < -0.39 is 0 Å². The van der Waals surface area contributed by atoms with Gasteiger partial charge in [-0.2, -0.15) is 0 Å². The minimum absolute atomic E-state index is 0.169. The maximum Gasteiger partial charge on any atom is 0.319 e. The molecule has 2 amide bonds. The summed E-state index contributed by atoms with van der Waals surface area (Å²) in [6.07, 6.45) is 3.84. The Labute approximate surface area is 104 Å². The van der Waals surface area contributed by atoms with Gasteiger partial charge in [-0.05, 0) is 24.7 Å². The minimum Gasteiger partial charge on any atom is -0.378 e. The Morgan fingerprint density at radius 3 is 2.65 bits per heavy atom. The zero-order chi connectivity index (χ0) is 12.3. The van der Waals surface area contributed by atoms with Crippen LogP contribution in [0.2, 0.25) is 0 Å². The van der Waals surface area contributed by atoms with Crippen LogP contribution in [0.15, 0.2) is 0 Å². The normalized spacial score (nSPS) is 28.0. The number of amides is 2. The van der Waals surface area contributed by atoms with Crippen molar-refractivity contribution in [1.29, 1.82) is 0 Å². The number of ether oxygens (including phenoxy) is 1. The number of urea groups is 1. The summed E-state index contributed by atoms with van der Waals surface area (Å²) in [4.78, 5) is 15.8. The van der Waals surface area contributed by atoms with E-state index in [0.29, 0.717) is 13.2 Å². The van der Waals surface area contributed by atoms with Gasteiger partial charge in [-0.1, -0.05) is 13.3 Å². The first kappa shape index (κ1) is 12.7. The Bertz CT molecular complexity index is 264. The van der Waals surface area contributed by atoms with Gasteiger partial charge in [0.2, 0.25) is 0 Å². The van der Waals surface area contributed by atoms with Gasteiger partial charge in [0, 0.05) is 26.7 Å². The smallest absolute Gasteiger partial charge is 0.319 e. The number of carbonyl (C=O) groups is 1. The van der Waals surface area contributed by atoms with Crippen LogP contribution in [0.1, 0.15) is 26.2 Å².